The predicted molar refractivity (Wildman–Crippen MR) is 107 cm³/mol. The average molecular weight is 385 g/mol. The summed E-state index contributed by atoms with van der Waals surface area (Å²) in [5, 5.41) is 9.59. The van der Waals surface area contributed by atoms with Crippen LogP contribution in [0.1, 0.15) is 47.6 Å². The molecule has 1 saturated carbocycles. The van der Waals surface area contributed by atoms with E-state index in [1.165, 1.54) is 11.8 Å². The van der Waals surface area contributed by atoms with Gasteiger partial charge in [-0.05, 0) is 38.7 Å². The van der Waals surface area contributed by atoms with Gasteiger partial charge in [-0.1, -0.05) is 11.6 Å². The highest BCUT2D eigenvalue weighted by Crippen LogP contribution is 2.39. The van der Waals surface area contributed by atoms with Gasteiger partial charge in [0.1, 0.15) is 11.4 Å². The zero-order valence-electron chi connectivity index (χ0n) is 15.9. The number of benzene rings is 1. The maximum atomic E-state index is 15.3. The highest BCUT2D eigenvalue weighted by Gasteiger charge is 2.29. The zero-order valence-corrected chi connectivity index (χ0v) is 15.9. The molecule has 1 aliphatic heterocycles. The highest BCUT2D eigenvalue weighted by molar-refractivity contribution is 5.95. The van der Waals surface area contributed by atoms with Gasteiger partial charge in [0.05, 0.1) is 16.6 Å². The minimum Gasteiger partial charge on any atom is -0.477 e. The molecule has 0 radical (unpaired) electrons. The predicted octanol–water partition coefficient (Wildman–Crippen LogP) is 2.97. The lowest BCUT2D eigenvalue weighted by molar-refractivity contribution is 0.0695. The van der Waals surface area contributed by atoms with Gasteiger partial charge in [-0.3, -0.25) is 4.79 Å². The number of rotatable bonds is 4. The monoisotopic (exact) mass is 385 g/mol. The molecule has 2 aromatic rings. The normalized spacial score (nSPS) is 18.8. The Morgan fingerprint density at radius 2 is 2.18 bits per heavy atom. The molecule has 0 atom stereocenters. The van der Waals surface area contributed by atoms with Crippen molar-refractivity contribution in [2.75, 3.05) is 24.5 Å². The van der Waals surface area contributed by atoms with E-state index < -0.39 is 17.2 Å². The summed E-state index contributed by atoms with van der Waals surface area (Å²) < 4.78 is 17.2. The van der Waals surface area contributed by atoms with Crippen molar-refractivity contribution in [3.8, 4) is 0 Å². The van der Waals surface area contributed by atoms with Crippen LogP contribution in [0.4, 0.5) is 10.1 Å². The first kappa shape index (κ1) is 18.7. The Morgan fingerprint density at radius 3 is 2.82 bits per heavy atom. The van der Waals surface area contributed by atoms with E-state index in [0.29, 0.717) is 24.3 Å². The maximum Gasteiger partial charge on any atom is 0.341 e. The number of aromatic nitrogens is 1. The van der Waals surface area contributed by atoms with Gasteiger partial charge in [-0.2, -0.15) is 0 Å². The first-order valence-electron chi connectivity index (χ1n) is 9.66. The Labute approximate surface area is 162 Å². The third-order valence-corrected chi connectivity index (χ3v) is 5.71. The van der Waals surface area contributed by atoms with Gasteiger partial charge < -0.3 is 20.3 Å². The van der Waals surface area contributed by atoms with Crippen LogP contribution in [0.2, 0.25) is 0 Å². The van der Waals surface area contributed by atoms with E-state index >= 15 is 4.39 Å². The lowest BCUT2D eigenvalue weighted by atomic mass is 10.0. The van der Waals surface area contributed by atoms with Crippen LogP contribution >= 0.6 is 0 Å². The quantitative estimate of drug-likeness (QED) is 0.790. The highest BCUT2D eigenvalue weighted by atomic mass is 19.1. The van der Waals surface area contributed by atoms with E-state index in [1.807, 2.05) is 15.5 Å². The summed E-state index contributed by atoms with van der Waals surface area (Å²) in [6.45, 7) is 3.36. The molecule has 1 aliphatic carbocycles. The molecular weight excluding hydrogens is 361 g/mol. The molecule has 0 amide bonds. The van der Waals surface area contributed by atoms with Crippen LogP contribution in [0.3, 0.4) is 0 Å². The number of nitrogens with zero attached hydrogens (tertiary/aromatic N) is 2. The number of fused-ring (bicyclic) bond motifs is 1. The number of pyridine rings is 1. The first-order chi connectivity index (χ1) is 13.4. The molecule has 2 heterocycles. The molecule has 1 aromatic carbocycles. The standard InChI is InChI=1S/C21H24FN3O3/c1-12-18-16(25(14-4-5-14)11-15(20(18)26)21(27)28)9-17(19(12)22)24-8-2-3-13(10-24)6-7-23/h6,9,11,14H,2-5,7-8,10,23H2,1H3,(H,27,28)/b13-6-. The third kappa shape index (κ3) is 3.09. The summed E-state index contributed by atoms with van der Waals surface area (Å²) in [5.41, 5.74) is 7.18. The molecule has 0 unspecified atom stereocenters. The number of aryl methyl sites for hydroxylation is 1. The van der Waals surface area contributed by atoms with Crippen molar-refractivity contribution in [3.63, 3.8) is 0 Å². The third-order valence-electron chi connectivity index (χ3n) is 5.71. The molecule has 1 aromatic heterocycles. The van der Waals surface area contributed by atoms with Crippen LogP contribution in [0.25, 0.3) is 10.9 Å². The number of carboxylic acids is 1. The summed E-state index contributed by atoms with van der Waals surface area (Å²) in [4.78, 5) is 26.3. The van der Waals surface area contributed by atoms with Crippen molar-refractivity contribution < 1.29 is 14.3 Å². The second-order valence-corrected chi connectivity index (χ2v) is 7.67. The number of carbonyl (C=O) groups is 1. The topological polar surface area (TPSA) is 88.6 Å². The molecule has 1 saturated heterocycles. The Morgan fingerprint density at radius 1 is 1.43 bits per heavy atom. The van der Waals surface area contributed by atoms with Crippen molar-refractivity contribution >= 4 is 22.6 Å². The van der Waals surface area contributed by atoms with Crippen LogP contribution in [0, 0.1) is 12.7 Å². The molecule has 2 fully saturated rings. The van der Waals surface area contributed by atoms with Gasteiger partial charge in [0.2, 0.25) is 5.43 Å². The van der Waals surface area contributed by atoms with Crippen molar-refractivity contribution in [1.29, 1.82) is 0 Å². The summed E-state index contributed by atoms with van der Waals surface area (Å²) in [7, 11) is 0. The second kappa shape index (κ2) is 7.05. The van der Waals surface area contributed by atoms with Crippen molar-refractivity contribution in [2.24, 2.45) is 5.73 Å². The number of piperidine rings is 1. The Bertz CT molecular complexity index is 1050. The fraction of sp³-hybridized carbons (Fsp3) is 0.429. The second-order valence-electron chi connectivity index (χ2n) is 7.67. The molecule has 2 aliphatic rings. The minimum absolute atomic E-state index is 0.160. The fourth-order valence-corrected chi connectivity index (χ4v) is 4.13. The van der Waals surface area contributed by atoms with Gasteiger partial charge in [0.15, 0.2) is 0 Å². The van der Waals surface area contributed by atoms with Crippen LogP contribution in [-0.4, -0.2) is 35.3 Å². The van der Waals surface area contributed by atoms with E-state index in [0.717, 1.165) is 32.2 Å². The van der Waals surface area contributed by atoms with E-state index in [4.69, 9.17) is 5.73 Å². The van der Waals surface area contributed by atoms with Crippen molar-refractivity contribution in [3.05, 3.63) is 51.1 Å². The van der Waals surface area contributed by atoms with Gasteiger partial charge in [0, 0.05) is 37.4 Å². The largest absolute Gasteiger partial charge is 0.477 e. The Hall–Kier alpha value is -2.67. The number of halogens is 1. The summed E-state index contributed by atoms with van der Waals surface area (Å²) >= 11 is 0. The number of nitrogens with two attached hydrogens (primary N) is 1. The SMILES string of the molecule is Cc1c(F)c(N2CCC/C(=C/CN)C2)cc2c1c(=O)c(C(=O)O)cn2C1CC1. The molecule has 4 rings (SSSR count). The first-order valence-corrected chi connectivity index (χ1v) is 9.66. The minimum atomic E-state index is -1.28. The number of hydrogen-bond acceptors (Lipinski definition) is 4. The van der Waals surface area contributed by atoms with Crippen LogP contribution in [0.5, 0.6) is 0 Å². The fourth-order valence-electron chi connectivity index (χ4n) is 4.13. The molecule has 0 bridgehead atoms. The van der Waals surface area contributed by atoms with Gasteiger partial charge >= 0.3 is 5.97 Å². The van der Waals surface area contributed by atoms with E-state index in [9.17, 15) is 14.7 Å². The summed E-state index contributed by atoms with van der Waals surface area (Å²) in [5.74, 6) is -1.73. The number of carboxylic acid groups (broad SMARTS) is 1. The summed E-state index contributed by atoms with van der Waals surface area (Å²) in [6, 6.07) is 1.88. The van der Waals surface area contributed by atoms with E-state index in [1.54, 1.807) is 13.0 Å². The van der Waals surface area contributed by atoms with Crippen LogP contribution in [0.15, 0.2) is 28.7 Å². The molecule has 7 heteroatoms. The van der Waals surface area contributed by atoms with Crippen molar-refractivity contribution in [2.45, 2.75) is 38.6 Å². The number of aromatic carboxylic acids is 1. The maximum absolute atomic E-state index is 15.3. The van der Waals surface area contributed by atoms with Gasteiger partial charge in [-0.15, -0.1) is 0 Å². The molecule has 3 N–H and O–H groups in total. The van der Waals surface area contributed by atoms with Crippen LogP contribution in [-0.2, 0) is 0 Å². The Balaban J connectivity index is 1.93. The molecule has 28 heavy (non-hydrogen) atoms. The van der Waals surface area contributed by atoms with Gasteiger partial charge in [-0.25, -0.2) is 9.18 Å². The molecule has 148 valence electrons. The molecule has 0 spiro atoms. The smallest absolute Gasteiger partial charge is 0.341 e. The number of hydrogen-bond donors (Lipinski definition) is 2. The summed E-state index contributed by atoms with van der Waals surface area (Å²) in [6.07, 6.45) is 7.12. The van der Waals surface area contributed by atoms with E-state index in [-0.39, 0.29) is 22.6 Å². The lowest BCUT2D eigenvalue weighted by Crippen LogP contribution is -2.32. The molecular formula is C21H24FN3O3. The van der Waals surface area contributed by atoms with Crippen LogP contribution < -0.4 is 16.1 Å². The average Bonchev–Trinajstić information content (AvgIpc) is 3.50. The Kier molecular flexibility index (Phi) is 4.71. The van der Waals surface area contributed by atoms with E-state index in [2.05, 4.69) is 0 Å². The number of anilines is 1. The van der Waals surface area contributed by atoms with Crippen molar-refractivity contribution in [1.82, 2.24) is 4.57 Å². The lowest BCUT2D eigenvalue weighted by Gasteiger charge is -2.32. The van der Waals surface area contributed by atoms with Gasteiger partial charge in [0.25, 0.3) is 0 Å². The zero-order chi connectivity index (χ0) is 20.0. The molecule has 6 nitrogen and oxygen atoms in total.